The molecule has 0 saturated heterocycles. The van der Waals surface area contributed by atoms with Gasteiger partial charge in [-0.2, -0.15) is 5.10 Å². The van der Waals surface area contributed by atoms with Gasteiger partial charge in [0.25, 0.3) is 5.91 Å². The first-order valence-corrected chi connectivity index (χ1v) is 8.35. The van der Waals surface area contributed by atoms with E-state index >= 15 is 0 Å². The fourth-order valence-corrected chi connectivity index (χ4v) is 2.44. The van der Waals surface area contributed by atoms with Crippen LogP contribution < -0.4 is 5.43 Å². The highest BCUT2D eigenvalue weighted by Gasteiger charge is 2.07. The minimum absolute atomic E-state index is 0.206. The molecule has 0 bridgehead atoms. The molecule has 6 nitrogen and oxygen atoms in total. The van der Waals surface area contributed by atoms with Crippen LogP contribution in [0, 0.1) is 0 Å². The van der Waals surface area contributed by atoms with E-state index in [2.05, 4.69) is 26.5 Å². The van der Waals surface area contributed by atoms with Crippen LogP contribution in [0.15, 0.2) is 74.7 Å². The van der Waals surface area contributed by atoms with E-state index in [9.17, 15) is 9.59 Å². The summed E-state index contributed by atoms with van der Waals surface area (Å²) >= 11 is 3.31. The highest BCUT2D eigenvalue weighted by atomic mass is 79.9. The van der Waals surface area contributed by atoms with Crippen LogP contribution in [-0.4, -0.2) is 23.2 Å². The number of aromatic carboxylic acids is 1. The number of carbonyl (C=O) groups excluding carboxylic acids is 1. The van der Waals surface area contributed by atoms with Gasteiger partial charge >= 0.3 is 5.97 Å². The van der Waals surface area contributed by atoms with E-state index in [1.54, 1.807) is 48.5 Å². The molecule has 2 aromatic carbocycles. The number of carboxylic acid groups (broad SMARTS) is 1. The van der Waals surface area contributed by atoms with Crippen LogP contribution in [0.2, 0.25) is 0 Å². The van der Waals surface area contributed by atoms with Gasteiger partial charge in [-0.3, -0.25) is 4.79 Å². The molecule has 0 radical (unpaired) electrons. The molecule has 3 aromatic rings. The molecular formula is C19H13BrN2O4. The maximum Gasteiger partial charge on any atom is 0.335 e. The second-order valence-electron chi connectivity index (χ2n) is 5.29. The third-order valence-electron chi connectivity index (χ3n) is 3.51. The number of hydrogen-bond donors (Lipinski definition) is 2. The van der Waals surface area contributed by atoms with E-state index < -0.39 is 5.97 Å². The van der Waals surface area contributed by atoms with Crippen molar-refractivity contribution in [2.45, 2.75) is 0 Å². The number of nitrogens with one attached hydrogen (secondary N) is 1. The molecule has 0 saturated carbocycles. The van der Waals surface area contributed by atoms with E-state index in [4.69, 9.17) is 9.52 Å². The first-order valence-electron chi connectivity index (χ1n) is 7.55. The highest BCUT2D eigenvalue weighted by Crippen LogP contribution is 2.22. The molecule has 1 aromatic heterocycles. The summed E-state index contributed by atoms with van der Waals surface area (Å²) in [5.41, 5.74) is 3.87. The number of amides is 1. The minimum Gasteiger partial charge on any atom is -0.478 e. The molecule has 0 spiro atoms. The van der Waals surface area contributed by atoms with Gasteiger partial charge in [0.05, 0.1) is 11.8 Å². The van der Waals surface area contributed by atoms with Gasteiger partial charge in [0.15, 0.2) is 0 Å². The van der Waals surface area contributed by atoms with Crippen LogP contribution in [0.1, 0.15) is 26.5 Å². The number of furan rings is 1. The third kappa shape index (κ3) is 4.25. The van der Waals surface area contributed by atoms with Crippen LogP contribution in [0.4, 0.5) is 0 Å². The largest absolute Gasteiger partial charge is 0.478 e. The average molecular weight is 413 g/mol. The molecule has 0 aliphatic heterocycles. The summed E-state index contributed by atoms with van der Waals surface area (Å²) in [6, 6.07) is 16.7. The zero-order valence-corrected chi connectivity index (χ0v) is 14.9. The minimum atomic E-state index is -0.981. The van der Waals surface area contributed by atoms with Crippen molar-refractivity contribution in [3.8, 4) is 11.3 Å². The fraction of sp³-hybridized carbons (Fsp3) is 0. The molecule has 26 heavy (non-hydrogen) atoms. The van der Waals surface area contributed by atoms with Gasteiger partial charge in [0, 0.05) is 15.6 Å². The first-order chi connectivity index (χ1) is 12.5. The summed E-state index contributed by atoms with van der Waals surface area (Å²) in [7, 11) is 0. The van der Waals surface area contributed by atoms with Crippen LogP contribution in [0.5, 0.6) is 0 Å². The third-order valence-corrected chi connectivity index (χ3v) is 4.04. The smallest absolute Gasteiger partial charge is 0.335 e. The Labute approximate surface area is 157 Å². The van der Waals surface area contributed by atoms with Crippen LogP contribution in [0.3, 0.4) is 0 Å². The Bertz CT molecular complexity index is 960. The number of carboxylic acids is 1. The molecule has 2 N–H and O–H groups in total. The molecule has 1 amide bonds. The van der Waals surface area contributed by atoms with Crippen molar-refractivity contribution >= 4 is 34.0 Å². The highest BCUT2D eigenvalue weighted by molar-refractivity contribution is 9.10. The molecule has 0 atom stereocenters. The van der Waals surface area contributed by atoms with Crippen molar-refractivity contribution in [2.75, 3.05) is 0 Å². The van der Waals surface area contributed by atoms with Gasteiger partial charge in [0.1, 0.15) is 11.5 Å². The van der Waals surface area contributed by atoms with E-state index in [0.29, 0.717) is 17.1 Å². The summed E-state index contributed by atoms with van der Waals surface area (Å²) in [6.45, 7) is 0. The van der Waals surface area contributed by atoms with Gasteiger partial charge in [-0.25, -0.2) is 10.2 Å². The molecule has 3 rings (SSSR count). The maximum absolute atomic E-state index is 11.9. The summed E-state index contributed by atoms with van der Waals surface area (Å²) in [4.78, 5) is 22.8. The van der Waals surface area contributed by atoms with Crippen molar-refractivity contribution < 1.29 is 19.1 Å². The number of hydrazone groups is 1. The lowest BCUT2D eigenvalue weighted by molar-refractivity contribution is 0.0696. The number of halogens is 1. The Balaban J connectivity index is 1.64. The van der Waals surface area contributed by atoms with Crippen molar-refractivity contribution in [3.63, 3.8) is 0 Å². The number of carbonyl (C=O) groups is 2. The van der Waals surface area contributed by atoms with Crippen molar-refractivity contribution in [1.82, 2.24) is 5.43 Å². The molecule has 1 heterocycles. The number of nitrogens with zero attached hydrogens (tertiary/aromatic N) is 1. The Morgan fingerprint density at radius 1 is 0.962 bits per heavy atom. The molecule has 7 heteroatoms. The van der Waals surface area contributed by atoms with E-state index in [1.165, 1.54) is 18.3 Å². The first kappa shape index (κ1) is 17.6. The van der Waals surface area contributed by atoms with Crippen molar-refractivity contribution in [1.29, 1.82) is 0 Å². The number of benzene rings is 2. The molecule has 130 valence electrons. The van der Waals surface area contributed by atoms with E-state index in [-0.39, 0.29) is 11.5 Å². The predicted octanol–water partition coefficient (Wildman–Crippen LogP) is 4.17. The lowest BCUT2D eigenvalue weighted by atomic mass is 10.1. The average Bonchev–Trinajstić information content (AvgIpc) is 3.11. The fourth-order valence-electron chi connectivity index (χ4n) is 2.17. The normalized spacial score (nSPS) is 10.8. The van der Waals surface area contributed by atoms with E-state index in [1.807, 2.05) is 0 Å². The summed E-state index contributed by atoms with van der Waals surface area (Å²) in [6.07, 6.45) is 1.39. The second-order valence-corrected chi connectivity index (χ2v) is 6.21. The topological polar surface area (TPSA) is 91.9 Å². The van der Waals surface area contributed by atoms with Gasteiger partial charge in [-0.15, -0.1) is 0 Å². The summed E-state index contributed by atoms with van der Waals surface area (Å²) in [5, 5.41) is 12.8. The number of rotatable bonds is 5. The summed E-state index contributed by atoms with van der Waals surface area (Å²) in [5.74, 6) is -0.281. The zero-order valence-electron chi connectivity index (χ0n) is 13.3. The molecular weight excluding hydrogens is 400 g/mol. The maximum atomic E-state index is 11.9. The van der Waals surface area contributed by atoms with Crippen LogP contribution in [-0.2, 0) is 0 Å². The Morgan fingerprint density at radius 3 is 2.27 bits per heavy atom. The Kier molecular flexibility index (Phi) is 5.28. The van der Waals surface area contributed by atoms with Gasteiger partial charge in [-0.05, 0) is 48.5 Å². The van der Waals surface area contributed by atoms with Gasteiger partial charge in [-0.1, -0.05) is 28.1 Å². The summed E-state index contributed by atoms with van der Waals surface area (Å²) < 4.78 is 6.51. The Morgan fingerprint density at radius 2 is 1.62 bits per heavy atom. The lowest BCUT2D eigenvalue weighted by Gasteiger charge is -1.99. The second kappa shape index (κ2) is 7.79. The SMILES string of the molecule is O=C(O)c1ccc(-c2ccc(/C=N/NC(=O)c3ccc(Br)cc3)o2)cc1. The van der Waals surface area contributed by atoms with Gasteiger partial charge in [0.2, 0.25) is 0 Å². The predicted molar refractivity (Wildman–Crippen MR) is 100 cm³/mol. The van der Waals surface area contributed by atoms with Gasteiger partial charge < -0.3 is 9.52 Å². The molecule has 0 fully saturated rings. The quantitative estimate of drug-likeness (QED) is 0.485. The van der Waals surface area contributed by atoms with Crippen LogP contribution in [0.25, 0.3) is 11.3 Å². The molecule has 0 aliphatic carbocycles. The Hall–Kier alpha value is -3.19. The molecule has 0 aliphatic rings. The standard InChI is InChI=1S/C19H13BrN2O4/c20-15-7-5-13(6-8-15)18(23)22-21-11-16-9-10-17(26-16)12-1-3-14(4-2-12)19(24)25/h1-11H,(H,22,23)(H,24,25)/b21-11+. The number of hydrogen-bond acceptors (Lipinski definition) is 4. The van der Waals surface area contributed by atoms with Crippen LogP contribution >= 0.6 is 15.9 Å². The zero-order chi connectivity index (χ0) is 18.5. The van der Waals surface area contributed by atoms with Crippen molar-refractivity contribution in [3.05, 3.63) is 82.0 Å². The molecule has 0 unspecified atom stereocenters. The van der Waals surface area contributed by atoms with Crippen molar-refractivity contribution in [2.24, 2.45) is 5.10 Å². The monoisotopic (exact) mass is 412 g/mol. The van der Waals surface area contributed by atoms with E-state index in [0.717, 1.165) is 10.0 Å². The lowest BCUT2D eigenvalue weighted by Crippen LogP contribution is -2.17.